The average molecular weight is 324 g/mol. The molecule has 1 N–H and O–H groups in total. The van der Waals surface area contributed by atoms with Gasteiger partial charge in [-0.3, -0.25) is 4.90 Å². The van der Waals surface area contributed by atoms with Gasteiger partial charge in [0.05, 0.1) is 6.04 Å². The quantitative estimate of drug-likeness (QED) is 0.913. The Hall–Kier alpha value is -1.50. The number of hydrogen-bond donors (Lipinski definition) is 1. The topological polar surface area (TPSA) is 24.5 Å². The first-order chi connectivity index (χ1) is 10.7. The van der Waals surface area contributed by atoms with Crippen LogP contribution in [0.15, 0.2) is 41.8 Å². The van der Waals surface area contributed by atoms with Crippen molar-refractivity contribution in [3.63, 3.8) is 0 Å². The van der Waals surface area contributed by atoms with Crippen LogP contribution in [-0.2, 0) is 0 Å². The standard InChI is InChI=1S/C16H18F2N2OS/c17-16(18)21-13-5-3-12(4-6-13)15(14-2-1-11-22-14)20-9-7-19-8-10-20/h1-6,11,15-16,19H,7-10H2/t15-/m1/s1. The highest BCUT2D eigenvalue weighted by Crippen LogP contribution is 2.33. The molecule has 0 unspecified atom stereocenters. The van der Waals surface area contributed by atoms with Crippen molar-refractivity contribution in [2.45, 2.75) is 12.7 Å². The van der Waals surface area contributed by atoms with Crippen LogP contribution in [0.1, 0.15) is 16.5 Å². The van der Waals surface area contributed by atoms with Crippen LogP contribution in [0.25, 0.3) is 0 Å². The summed E-state index contributed by atoms with van der Waals surface area (Å²) in [4.78, 5) is 3.69. The van der Waals surface area contributed by atoms with Gasteiger partial charge in [0, 0.05) is 31.1 Å². The van der Waals surface area contributed by atoms with Crippen LogP contribution in [0.3, 0.4) is 0 Å². The first-order valence-electron chi connectivity index (χ1n) is 7.27. The third-order valence-corrected chi connectivity index (χ3v) is 4.68. The lowest BCUT2D eigenvalue weighted by atomic mass is 10.0. The largest absolute Gasteiger partial charge is 0.435 e. The Morgan fingerprint density at radius 2 is 1.82 bits per heavy atom. The maximum Gasteiger partial charge on any atom is 0.387 e. The zero-order chi connectivity index (χ0) is 15.4. The molecule has 118 valence electrons. The molecule has 0 aliphatic carbocycles. The van der Waals surface area contributed by atoms with E-state index in [0.717, 1.165) is 31.7 Å². The van der Waals surface area contributed by atoms with E-state index in [0.29, 0.717) is 0 Å². The molecule has 1 fully saturated rings. The Morgan fingerprint density at radius 3 is 2.41 bits per heavy atom. The Labute approximate surface area is 132 Å². The van der Waals surface area contributed by atoms with Gasteiger partial charge in [0.1, 0.15) is 5.75 Å². The molecule has 1 aliphatic heterocycles. The second kappa shape index (κ2) is 7.17. The molecule has 0 saturated carbocycles. The third-order valence-electron chi connectivity index (χ3n) is 3.75. The zero-order valence-electron chi connectivity index (χ0n) is 12.0. The van der Waals surface area contributed by atoms with Gasteiger partial charge in [-0.05, 0) is 29.1 Å². The monoisotopic (exact) mass is 324 g/mol. The molecule has 1 atom stereocenters. The minimum absolute atomic E-state index is 0.169. The smallest absolute Gasteiger partial charge is 0.387 e. The van der Waals surface area contributed by atoms with E-state index in [9.17, 15) is 8.78 Å². The molecule has 0 amide bonds. The summed E-state index contributed by atoms with van der Waals surface area (Å²) in [6, 6.07) is 11.3. The van der Waals surface area contributed by atoms with Crippen molar-refractivity contribution in [2.24, 2.45) is 0 Å². The summed E-state index contributed by atoms with van der Waals surface area (Å²) >= 11 is 1.72. The number of benzene rings is 1. The van der Waals surface area contributed by atoms with Crippen molar-refractivity contribution in [3.8, 4) is 5.75 Å². The SMILES string of the molecule is FC(F)Oc1ccc([C@H](c2cccs2)N2CCNCC2)cc1. The highest BCUT2D eigenvalue weighted by molar-refractivity contribution is 7.10. The van der Waals surface area contributed by atoms with Gasteiger partial charge in [0.25, 0.3) is 0 Å². The van der Waals surface area contributed by atoms with E-state index in [1.54, 1.807) is 23.5 Å². The lowest BCUT2D eigenvalue weighted by Gasteiger charge is -2.34. The fourth-order valence-corrected chi connectivity index (χ4v) is 3.66. The van der Waals surface area contributed by atoms with Crippen LogP contribution >= 0.6 is 11.3 Å². The number of rotatable bonds is 5. The van der Waals surface area contributed by atoms with Crippen LogP contribution in [-0.4, -0.2) is 37.7 Å². The molecule has 0 bridgehead atoms. The molecule has 1 aliphatic rings. The van der Waals surface area contributed by atoms with Gasteiger partial charge >= 0.3 is 6.61 Å². The number of piperazine rings is 1. The molecule has 2 aromatic rings. The van der Waals surface area contributed by atoms with E-state index in [-0.39, 0.29) is 11.8 Å². The molecule has 6 heteroatoms. The Balaban J connectivity index is 1.85. The van der Waals surface area contributed by atoms with Gasteiger partial charge in [0.2, 0.25) is 0 Å². The van der Waals surface area contributed by atoms with Crippen molar-refractivity contribution < 1.29 is 13.5 Å². The summed E-state index contributed by atoms with van der Waals surface area (Å²) in [5, 5.41) is 5.42. The Bertz CT molecular complexity index is 568. The van der Waals surface area contributed by atoms with E-state index in [1.807, 2.05) is 18.2 Å². The summed E-state index contributed by atoms with van der Waals surface area (Å²) in [7, 11) is 0. The first kappa shape index (κ1) is 15.4. The number of thiophene rings is 1. The predicted molar refractivity (Wildman–Crippen MR) is 83.7 cm³/mol. The van der Waals surface area contributed by atoms with Gasteiger partial charge in [-0.2, -0.15) is 8.78 Å². The van der Waals surface area contributed by atoms with Crippen LogP contribution in [0, 0.1) is 0 Å². The maximum atomic E-state index is 12.3. The second-order valence-corrected chi connectivity index (χ2v) is 6.13. The zero-order valence-corrected chi connectivity index (χ0v) is 12.9. The summed E-state index contributed by atoms with van der Waals surface area (Å²) in [5.41, 5.74) is 1.10. The molecule has 1 saturated heterocycles. The van der Waals surface area contributed by atoms with E-state index < -0.39 is 6.61 Å². The van der Waals surface area contributed by atoms with Gasteiger partial charge in [0.15, 0.2) is 0 Å². The van der Waals surface area contributed by atoms with Crippen molar-refractivity contribution in [3.05, 3.63) is 52.2 Å². The lowest BCUT2D eigenvalue weighted by molar-refractivity contribution is -0.0498. The molecule has 1 aromatic carbocycles. The van der Waals surface area contributed by atoms with E-state index >= 15 is 0 Å². The number of hydrogen-bond acceptors (Lipinski definition) is 4. The minimum atomic E-state index is -2.79. The van der Waals surface area contributed by atoms with Crippen LogP contribution in [0.5, 0.6) is 5.75 Å². The van der Waals surface area contributed by atoms with E-state index in [2.05, 4.69) is 26.4 Å². The van der Waals surface area contributed by atoms with Gasteiger partial charge in [-0.25, -0.2) is 0 Å². The third kappa shape index (κ3) is 3.63. The predicted octanol–water partition coefficient (Wildman–Crippen LogP) is 3.34. The van der Waals surface area contributed by atoms with Gasteiger partial charge < -0.3 is 10.1 Å². The molecule has 22 heavy (non-hydrogen) atoms. The highest BCUT2D eigenvalue weighted by atomic mass is 32.1. The molecule has 0 radical (unpaired) electrons. The summed E-state index contributed by atoms with van der Waals surface area (Å²) < 4.78 is 28.9. The average Bonchev–Trinajstić information content (AvgIpc) is 3.04. The van der Waals surface area contributed by atoms with Crippen molar-refractivity contribution >= 4 is 11.3 Å². The molecular weight excluding hydrogens is 306 g/mol. The van der Waals surface area contributed by atoms with Crippen LogP contribution in [0.4, 0.5) is 8.78 Å². The first-order valence-corrected chi connectivity index (χ1v) is 8.15. The molecule has 2 heterocycles. The summed E-state index contributed by atoms with van der Waals surface area (Å²) in [6.07, 6.45) is 0. The second-order valence-electron chi connectivity index (χ2n) is 5.15. The minimum Gasteiger partial charge on any atom is -0.435 e. The fourth-order valence-electron chi connectivity index (χ4n) is 2.77. The number of halogens is 2. The van der Waals surface area contributed by atoms with Gasteiger partial charge in [-0.1, -0.05) is 18.2 Å². The molecule has 3 rings (SSSR count). The normalized spacial score (nSPS) is 17.6. The van der Waals surface area contributed by atoms with Crippen LogP contribution in [0.2, 0.25) is 0 Å². The number of nitrogens with one attached hydrogen (secondary N) is 1. The summed E-state index contributed by atoms with van der Waals surface area (Å²) in [6.45, 7) is 1.09. The number of nitrogens with zero attached hydrogens (tertiary/aromatic N) is 1. The molecule has 1 aromatic heterocycles. The summed E-state index contributed by atoms with van der Waals surface area (Å²) in [5.74, 6) is 0.198. The van der Waals surface area contributed by atoms with Crippen molar-refractivity contribution in [1.82, 2.24) is 10.2 Å². The highest BCUT2D eigenvalue weighted by Gasteiger charge is 2.24. The van der Waals surface area contributed by atoms with E-state index in [4.69, 9.17) is 0 Å². The van der Waals surface area contributed by atoms with Crippen molar-refractivity contribution in [2.75, 3.05) is 26.2 Å². The maximum absolute atomic E-state index is 12.3. The molecular formula is C16H18F2N2OS. The molecule has 3 nitrogen and oxygen atoms in total. The molecule has 0 spiro atoms. The number of ether oxygens (including phenoxy) is 1. The van der Waals surface area contributed by atoms with Gasteiger partial charge in [-0.15, -0.1) is 11.3 Å². The Kier molecular flexibility index (Phi) is 5.02. The van der Waals surface area contributed by atoms with E-state index in [1.165, 1.54) is 4.88 Å². The van der Waals surface area contributed by atoms with Crippen molar-refractivity contribution in [1.29, 1.82) is 0 Å². The van der Waals surface area contributed by atoms with Crippen LogP contribution < -0.4 is 10.1 Å². The fraction of sp³-hybridized carbons (Fsp3) is 0.375. The lowest BCUT2D eigenvalue weighted by Crippen LogP contribution is -2.45. The Morgan fingerprint density at radius 1 is 1.09 bits per heavy atom. The number of alkyl halides is 2.